The summed E-state index contributed by atoms with van der Waals surface area (Å²) in [5, 5.41) is 0.496. The number of amides is 1. The van der Waals surface area contributed by atoms with Crippen LogP contribution in [0.25, 0.3) is 0 Å². The van der Waals surface area contributed by atoms with Crippen molar-refractivity contribution in [1.29, 1.82) is 0 Å². The van der Waals surface area contributed by atoms with Crippen LogP contribution in [-0.2, 0) is 0 Å². The first kappa shape index (κ1) is 12.2. The van der Waals surface area contributed by atoms with Crippen LogP contribution in [0.3, 0.4) is 0 Å². The van der Waals surface area contributed by atoms with Gasteiger partial charge < -0.3 is 16.2 Å². The van der Waals surface area contributed by atoms with E-state index in [2.05, 4.69) is 4.98 Å². The fourth-order valence-electron chi connectivity index (χ4n) is 1.38. The van der Waals surface area contributed by atoms with Gasteiger partial charge in [0.2, 0.25) is 5.88 Å². The molecule has 0 spiro atoms. The van der Waals surface area contributed by atoms with E-state index in [1.807, 2.05) is 0 Å². The Morgan fingerprint density at radius 3 is 2.78 bits per heavy atom. The van der Waals surface area contributed by atoms with Crippen molar-refractivity contribution in [3.8, 4) is 11.6 Å². The third-order valence-electron chi connectivity index (χ3n) is 2.22. The number of pyridine rings is 1. The second-order valence-corrected chi connectivity index (χ2v) is 3.94. The Bertz CT molecular complexity index is 602. The lowest BCUT2D eigenvalue weighted by atomic mass is 10.2. The van der Waals surface area contributed by atoms with Crippen LogP contribution in [0.15, 0.2) is 36.5 Å². The molecule has 0 saturated carbocycles. The number of anilines is 1. The molecule has 1 aromatic carbocycles. The second kappa shape index (κ2) is 4.93. The Labute approximate surface area is 108 Å². The number of carbonyl (C=O) groups is 1. The normalized spacial score (nSPS) is 10.1. The number of carbonyl (C=O) groups excluding carboxylic acids is 1. The van der Waals surface area contributed by atoms with Crippen molar-refractivity contribution < 1.29 is 9.53 Å². The Kier molecular flexibility index (Phi) is 3.34. The van der Waals surface area contributed by atoms with Gasteiger partial charge in [0.1, 0.15) is 5.56 Å². The lowest BCUT2D eigenvalue weighted by molar-refractivity contribution is 0.0997. The molecule has 0 atom stereocenters. The number of ether oxygens (including phenoxy) is 1. The Morgan fingerprint density at radius 1 is 1.33 bits per heavy atom. The first-order chi connectivity index (χ1) is 8.58. The fraction of sp³-hybridized carbons (Fsp3) is 0. The Hall–Kier alpha value is -2.27. The smallest absolute Gasteiger partial charge is 0.254 e. The number of halogens is 1. The average molecular weight is 264 g/mol. The molecular formula is C12H10ClN3O2. The first-order valence-corrected chi connectivity index (χ1v) is 5.43. The highest BCUT2D eigenvalue weighted by atomic mass is 35.5. The van der Waals surface area contributed by atoms with Gasteiger partial charge in [-0.05, 0) is 30.3 Å². The van der Waals surface area contributed by atoms with E-state index in [1.165, 1.54) is 12.3 Å². The summed E-state index contributed by atoms with van der Waals surface area (Å²) in [5.74, 6) is -0.148. The summed E-state index contributed by atoms with van der Waals surface area (Å²) in [6, 6.07) is 7.88. The first-order valence-electron chi connectivity index (χ1n) is 5.05. The van der Waals surface area contributed by atoms with E-state index in [1.54, 1.807) is 24.3 Å². The zero-order valence-electron chi connectivity index (χ0n) is 9.26. The number of hydrogen-bond acceptors (Lipinski definition) is 4. The highest BCUT2D eigenvalue weighted by Gasteiger charge is 2.12. The zero-order valence-corrected chi connectivity index (χ0v) is 10.0. The molecule has 18 heavy (non-hydrogen) atoms. The molecule has 5 nitrogen and oxygen atoms in total. The van der Waals surface area contributed by atoms with E-state index in [9.17, 15) is 4.79 Å². The highest BCUT2D eigenvalue weighted by molar-refractivity contribution is 6.30. The van der Waals surface area contributed by atoms with Crippen molar-refractivity contribution in [1.82, 2.24) is 4.98 Å². The average Bonchev–Trinajstić information content (AvgIpc) is 2.33. The van der Waals surface area contributed by atoms with Crippen molar-refractivity contribution in [3.63, 3.8) is 0 Å². The van der Waals surface area contributed by atoms with Gasteiger partial charge in [-0.3, -0.25) is 4.79 Å². The molecule has 4 N–H and O–H groups in total. The SMILES string of the molecule is NC(=O)c1cccnc1Oc1ccc(Cl)cc1N. The summed E-state index contributed by atoms with van der Waals surface area (Å²) in [7, 11) is 0. The second-order valence-electron chi connectivity index (χ2n) is 3.50. The quantitative estimate of drug-likeness (QED) is 0.831. The topological polar surface area (TPSA) is 91.2 Å². The molecule has 0 aliphatic carbocycles. The molecular weight excluding hydrogens is 254 g/mol. The zero-order chi connectivity index (χ0) is 13.1. The number of benzene rings is 1. The Morgan fingerprint density at radius 2 is 2.11 bits per heavy atom. The minimum absolute atomic E-state index is 0.110. The van der Waals surface area contributed by atoms with Crippen molar-refractivity contribution in [2.75, 3.05) is 5.73 Å². The third kappa shape index (κ3) is 2.52. The summed E-state index contributed by atoms with van der Waals surface area (Å²) in [6.07, 6.45) is 1.49. The van der Waals surface area contributed by atoms with Crippen LogP contribution in [0, 0.1) is 0 Å². The molecule has 1 heterocycles. The maximum atomic E-state index is 11.2. The molecule has 0 aliphatic rings. The van der Waals surface area contributed by atoms with Crippen LogP contribution in [0.5, 0.6) is 11.6 Å². The standard InChI is InChI=1S/C12H10ClN3O2/c13-7-3-4-10(9(14)6-7)18-12-8(11(15)17)2-1-5-16-12/h1-6H,14H2,(H2,15,17). The number of nitrogen functional groups attached to an aromatic ring is 1. The van der Waals surface area contributed by atoms with Gasteiger partial charge in [0.05, 0.1) is 5.69 Å². The van der Waals surface area contributed by atoms with Gasteiger partial charge in [-0.15, -0.1) is 0 Å². The maximum absolute atomic E-state index is 11.2. The summed E-state index contributed by atoms with van der Waals surface area (Å²) < 4.78 is 5.46. The molecule has 1 amide bonds. The van der Waals surface area contributed by atoms with Crippen LogP contribution in [0.2, 0.25) is 5.02 Å². The van der Waals surface area contributed by atoms with E-state index < -0.39 is 5.91 Å². The van der Waals surface area contributed by atoms with Crippen molar-refractivity contribution in [2.45, 2.75) is 0 Å². The van der Waals surface area contributed by atoms with Crippen LogP contribution < -0.4 is 16.2 Å². The summed E-state index contributed by atoms with van der Waals surface area (Å²) >= 11 is 5.78. The molecule has 1 aromatic heterocycles. The highest BCUT2D eigenvalue weighted by Crippen LogP contribution is 2.30. The number of primary amides is 1. The molecule has 2 rings (SSSR count). The molecule has 92 valence electrons. The van der Waals surface area contributed by atoms with Gasteiger partial charge >= 0.3 is 0 Å². The van der Waals surface area contributed by atoms with Crippen LogP contribution in [0.4, 0.5) is 5.69 Å². The van der Waals surface area contributed by atoms with E-state index >= 15 is 0 Å². The summed E-state index contributed by atoms with van der Waals surface area (Å²) in [4.78, 5) is 15.1. The Balaban J connectivity index is 2.37. The molecule has 2 aromatic rings. The largest absolute Gasteiger partial charge is 0.436 e. The predicted octanol–water partition coefficient (Wildman–Crippen LogP) is 2.21. The fourth-order valence-corrected chi connectivity index (χ4v) is 1.56. The minimum Gasteiger partial charge on any atom is -0.436 e. The monoisotopic (exact) mass is 263 g/mol. The molecule has 6 heteroatoms. The lowest BCUT2D eigenvalue weighted by Crippen LogP contribution is -2.12. The van der Waals surface area contributed by atoms with Gasteiger partial charge in [0.25, 0.3) is 5.91 Å². The number of nitrogens with two attached hydrogens (primary N) is 2. The van der Waals surface area contributed by atoms with E-state index in [-0.39, 0.29) is 11.4 Å². The van der Waals surface area contributed by atoms with Crippen molar-refractivity contribution >= 4 is 23.2 Å². The van der Waals surface area contributed by atoms with E-state index in [4.69, 9.17) is 27.8 Å². The molecule has 0 aliphatic heterocycles. The molecule has 0 bridgehead atoms. The molecule has 0 saturated heterocycles. The molecule has 0 fully saturated rings. The van der Waals surface area contributed by atoms with Crippen molar-refractivity contribution in [3.05, 3.63) is 47.1 Å². The minimum atomic E-state index is -0.620. The van der Waals surface area contributed by atoms with Crippen LogP contribution in [0.1, 0.15) is 10.4 Å². The maximum Gasteiger partial charge on any atom is 0.254 e. The number of hydrogen-bond donors (Lipinski definition) is 2. The van der Waals surface area contributed by atoms with Gasteiger partial charge in [-0.2, -0.15) is 0 Å². The van der Waals surface area contributed by atoms with Gasteiger partial charge in [-0.25, -0.2) is 4.98 Å². The van der Waals surface area contributed by atoms with Gasteiger partial charge in [0, 0.05) is 11.2 Å². The van der Waals surface area contributed by atoms with Crippen LogP contribution >= 0.6 is 11.6 Å². The third-order valence-corrected chi connectivity index (χ3v) is 2.45. The van der Waals surface area contributed by atoms with E-state index in [0.717, 1.165) is 0 Å². The number of nitrogens with zero attached hydrogens (tertiary/aromatic N) is 1. The van der Waals surface area contributed by atoms with Gasteiger partial charge in [0.15, 0.2) is 5.75 Å². The van der Waals surface area contributed by atoms with E-state index in [0.29, 0.717) is 16.5 Å². The molecule has 0 radical (unpaired) electrons. The van der Waals surface area contributed by atoms with Gasteiger partial charge in [-0.1, -0.05) is 11.6 Å². The number of rotatable bonds is 3. The molecule has 0 unspecified atom stereocenters. The summed E-state index contributed by atoms with van der Waals surface area (Å²) in [6.45, 7) is 0. The lowest BCUT2D eigenvalue weighted by Gasteiger charge is -2.09. The predicted molar refractivity (Wildman–Crippen MR) is 68.7 cm³/mol. The number of aromatic nitrogens is 1. The van der Waals surface area contributed by atoms with Crippen molar-refractivity contribution in [2.24, 2.45) is 5.73 Å². The van der Waals surface area contributed by atoms with Crippen LogP contribution in [-0.4, -0.2) is 10.9 Å². The summed E-state index contributed by atoms with van der Waals surface area (Å²) in [5.41, 5.74) is 11.5.